The predicted octanol–water partition coefficient (Wildman–Crippen LogP) is 6.10. The minimum absolute atomic E-state index is 0.00745. The molecule has 30 heavy (non-hydrogen) atoms. The molecule has 4 nitrogen and oxygen atoms in total. The zero-order chi connectivity index (χ0) is 22.5. The second-order valence-corrected chi connectivity index (χ2v) is 9.76. The number of rotatable bonds is 7. The molecule has 0 saturated heterocycles. The summed E-state index contributed by atoms with van der Waals surface area (Å²) in [6.45, 7) is 10.9. The Bertz CT molecular complexity index is 731. The second-order valence-electron chi connectivity index (χ2n) is 9.76. The lowest BCUT2D eigenvalue weighted by atomic mass is 9.73. The highest BCUT2D eigenvalue weighted by Crippen LogP contribution is 2.40. The van der Waals surface area contributed by atoms with Gasteiger partial charge in [0.05, 0.1) is 12.3 Å². The summed E-state index contributed by atoms with van der Waals surface area (Å²) < 4.78 is 24.9. The molecule has 168 valence electrons. The van der Waals surface area contributed by atoms with Gasteiger partial charge in [0.2, 0.25) is 0 Å². The van der Waals surface area contributed by atoms with Crippen LogP contribution in [0, 0.1) is 24.6 Å². The van der Waals surface area contributed by atoms with Gasteiger partial charge in [-0.25, -0.2) is 4.39 Å². The Morgan fingerprint density at radius 3 is 2.33 bits per heavy atom. The Kier molecular flexibility index (Phi) is 8.45. The van der Waals surface area contributed by atoms with Crippen molar-refractivity contribution in [3.8, 4) is 0 Å². The van der Waals surface area contributed by atoms with Crippen LogP contribution in [0.15, 0.2) is 18.2 Å². The first kappa shape index (κ1) is 24.4. The Hall–Kier alpha value is -1.91. The number of esters is 2. The monoisotopic (exact) mass is 420 g/mol. The number of carbonyl (C=O) groups excluding carboxylic acids is 2. The van der Waals surface area contributed by atoms with E-state index in [1.807, 2.05) is 19.9 Å². The number of hydrogen-bond donors (Lipinski definition) is 0. The van der Waals surface area contributed by atoms with Gasteiger partial charge in [-0.2, -0.15) is 0 Å². The molecule has 0 N–H and O–H groups in total. The van der Waals surface area contributed by atoms with E-state index in [0.29, 0.717) is 5.92 Å². The van der Waals surface area contributed by atoms with Crippen LogP contribution in [-0.4, -0.2) is 23.6 Å². The van der Waals surface area contributed by atoms with Crippen molar-refractivity contribution in [3.05, 3.63) is 35.1 Å². The molecule has 0 aromatic heterocycles. The summed E-state index contributed by atoms with van der Waals surface area (Å²) in [6.07, 6.45) is 5.35. The topological polar surface area (TPSA) is 52.6 Å². The van der Waals surface area contributed by atoms with E-state index in [-0.39, 0.29) is 24.3 Å². The first-order chi connectivity index (χ1) is 14.0. The Morgan fingerprint density at radius 1 is 1.13 bits per heavy atom. The molecule has 0 radical (unpaired) electrons. The molecule has 1 saturated carbocycles. The van der Waals surface area contributed by atoms with E-state index in [2.05, 4.69) is 0 Å². The van der Waals surface area contributed by atoms with E-state index in [0.717, 1.165) is 36.8 Å². The number of halogens is 1. The van der Waals surface area contributed by atoms with Gasteiger partial charge in [0.15, 0.2) is 0 Å². The van der Waals surface area contributed by atoms with Crippen LogP contribution in [0.4, 0.5) is 4.39 Å². The third-order valence-electron chi connectivity index (χ3n) is 5.85. The third-order valence-corrected chi connectivity index (χ3v) is 5.85. The fraction of sp³-hybridized carbons (Fsp3) is 0.680. The van der Waals surface area contributed by atoms with Gasteiger partial charge in [-0.15, -0.1) is 0 Å². The molecular weight excluding hydrogens is 383 g/mol. The average Bonchev–Trinajstić information content (AvgIpc) is 2.63. The molecule has 1 aromatic rings. The smallest absolute Gasteiger partial charge is 0.309 e. The number of benzene rings is 1. The summed E-state index contributed by atoms with van der Waals surface area (Å²) in [5.74, 6) is -1.22. The molecule has 1 aliphatic carbocycles. The molecule has 0 amide bonds. The van der Waals surface area contributed by atoms with Gasteiger partial charge in [-0.3, -0.25) is 9.59 Å². The molecule has 5 heteroatoms. The van der Waals surface area contributed by atoms with Crippen LogP contribution in [-0.2, 0) is 19.1 Å². The van der Waals surface area contributed by atoms with Crippen LogP contribution < -0.4 is 0 Å². The first-order valence-electron chi connectivity index (χ1n) is 11.2. The van der Waals surface area contributed by atoms with Gasteiger partial charge in [0.25, 0.3) is 0 Å². The van der Waals surface area contributed by atoms with Crippen LogP contribution in [0.3, 0.4) is 0 Å². The summed E-state index contributed by atoms with van der Waals surface area (Å²) >= 11 is 0. The average molecular weight is 421 g/mol. The van der Waals surface area contributed by atoms with E-state index < -0.39 is 23.5 Å². The van der Waals surface area contributed by atoms with Crippen molar-refractivity contribution in [2.24, 2.45) is 11.8 Å². The van der Waals surface area contributed by atoms with Gasteiger partial charge in [-0.05, 0) is 76.6 Å². The molecule has 2 rings (SSSR count). The first-order valence-corrected chi connectivity index (χ1v) is 11.2. The van der Waals surface area contributed by atoms with E-state index >= 15 is 0 Å². The molecule has 1 aliphatic rings. The summed E-state index contributed by atoms with van der Waals surface area (Å²) in [7, 11) is 0. The van der Waals surface area contributed by atoms with Crippen LogP contribution in [0.5, 0.6) is 0 Å². The number of ether oxygens (including phenoxy) is 2. The SMILES string of the molecule is Cc1cc(F)ccc1[C@H](C1CCCCC1)[C@H](C)OC(=O)[C@H](C)CC(=O)OC(C)(C)C. The lowest BCUT2D eigenvalue weighted by molar-refractivity contribution is -0.163. The fourth-order valence-corrected chi connectivity index (χ4v) is 4.49. The minimum Gasteiger partial charge on any atom is -0.462 e. The Labute approximate surface area is 180 Å². The van der Waals surface area contributed by atoms with E-state index in [4.69, 9.17) is 9.47 Å². The van der Waals surface area contributed by atoms with Crippen molar-refractivity contribution in [1.29, 1.82) is 0 Å². The fourth-order valence-electron chi connectivity index (χ4n) is 4.49. The quantitative estimate of drug-likeness (QED) is 0.500. The van der Waals surface area contributed by atoms with Crippen molar-refractivity contribution in [1.82, 2.24) is 0 Å². The summed E-state index contributed by atoms with van der Waals surface area (Å²) in [4.78, 5) is 24.8. The van der Waals surface area contributed by atoms with Crippen LogP contribution in [0.2, 0.25) is 0 Å². The van der Waals surface area contributed by atoms with Gasteiger partial charge in [-0.1, -0.05) is 32.3 Å². The maximum Gasteiger partial charge on any atom is 0.309 e. The van der Waals surface area contributed by atoms with Gasteiger partial charge in [0, 0.05) is 5.92 Å². The van der Waals surface area contributed by atoms with Crippen molar-refractivity contribution in [2.75, 3.05) is 0 Å². The lowest BCUT2D eigenvalue weighted by Gasteiger charge is -2.35. The molecule has 0 unspecified atom stereocenters. The molecule has 0 spiro atoms. The van der Waals surface area contributed by atoms with Gasteiger partial charge < -0.3 is 9.47 Å². The zero-order valence-electron chi connectivity index (χ0n) is 19.3. The largest absolute Gasteiger partial charge is 0.462 e. The van der Waals surface area contributed by atoms with Crippen LogP contribution in [0.1, 0.15) is 90.2 Å². The maximum absolute atomic E-state index is 13.7. The number of hydrogen-bond acceptors (Lipinski definition) is 4. The molecule has 0 aliphatic heterocycles. The molecule has 1 aromatic carbocycles. The Morgan fingerprint density at radius 2 is 1.77 bits per heavy atom. The van der Waals surface area contributed by atoms with Gasteiger partial charge >= 0.3 is 11.9 Å². The molecule has 1 fully saturated rings. The minimum atomic E-state index is -0.583. The highest BCUT2D eigenvalue weighted by molar-refractivity contribution is 5.80. The standard InChI is InChI=1S/C25H37FO4/c1-16-14-20(26)12-13-21(16)23(19-10-8-7-9-11-19)18(3)29-24(28)17(2)15-22(27)30-25(4,5)6/h12-14,17-19,23H,7-11,15H2,1-6H3/t17-,18+,23+/m1/s1. The van der Waals surface area contributed by atoms with Crippen molar-refractivity contribution in [2.45, 2.75) is 97.7 Å². The summed E-state index contributed by atoms with van der Waals surface area (Å²) in [5.41, 5.74) is 1.35. The van der Waals surface area contributed by atoms with E-state index in [1.54, 1.807) is 33.8 Å². The molecule has 0 bridgehead atoms. The number of carbonyl (C=O) groups is 2. The number of aryl methyl sites for hydroxylation is 1. The molecule has 3 atom stereocenters. The van der Waals surface area contributed by atoms with Gasteiger partial charge in [0.1, 0.15) is 17.5 Å². The highest BCUT2D eigenvalue weighted by atomic mass is 19.1. The second kappa shape index (κ2) is 10.4. The summed E-state index contributed by atoms with van der Waals surface area (Å²) in [6, 6.07) is 4.86. The lowest BCUT2D eigenvalue weighted by Crippen LogP contribution is -2.33. The van der Waals surface area contributed by atoms with E-state index in [9.17, 15) is 14.0 Å². The normalized spacial score (nSPS) is 18.4. The van der Waals surface area contributed by atoms with Crippen molar-refractivity contribution in [3.63, 3.8) is 0 Å². The van der Waals surface area contributed by atoms with Crippen molar-refractivity contribution < 1.29 is 23.5 Å². The Balaban J connectivity index is 2.12. The van der Waals surface area contributed by atoms with Crippen LogP contribution >= 0.6 is 0 Å². The molecular formula is C25H37FO4. The summed E-state index contributed by atoms with van der Waals surface area (Å²) in [5, 5.41) is 0. The highest BCUT2D eigenvalue weighted by Gasteiger charge is 2.34. The molecule has 0 heterocycles. The third kappa shape index (κ3) is 7.10. The van der Waals surface area contributed by atoms with Crippen molar-refractivity contribution >= 4 is 11.9 Å². The zero-order valence-corrected chi connectivity index (χ0v) is 19.3. The predicted molar refractivity (Wildman–Crippen MR) is 116 cm³/mol. The maximum atomic E-state index is 13.7. The van der Waals surface area contributed by atoms with E-state index in [1.165, 1.54) is 12.5 Å². The van der Waals surface area contributed by atoms with Crippen LogP contribution in [0.25, 0.3) is 0 Å².